The standard InChI is InChI=1S/C31H49F2N3/c1-31(34)17-9-5-3-2-4-6-10-24(15-18-31)23-11-7-8-12-27(14-13-23)35-19-16-25-22-36-30-28(25)20-26(32)21-29(30)33/h20-24,27,35-36H,2-19,34H2,1H3. The third-order valence-electron chi connectivity index (χ3n) is 9.21. The summed E-state index contributed by atoms with van der Waals surface area (Å²) in [6.07, 6.45) is 23.6. The summed E-state index contributed by atoms with van der Waals surface area (Å²) in [5.74, 6) is 0.619. The number of rotatable bonds is 5. The number of nitrogens with one attached hydrogen (secondary N) is 2. The second-order valence-electron chi connectivity index (χ2n) is 12.3. The van der Waals surface area contributed by atoms with Gasteiger partial charge in [-0.25, -0.2) is 8.78 Å². The lowest BCUT2D eigenvalue weighted by Gasteiger charge is -2.34. The van der Waals surface area contributed by atoms with Crippen molar-refractivity contribution in [2.45, 2.75) is 128 Å². The molecule has 0 bridgehead atoms. The van der Waals surface area contributed by atoms with E-state index in [1.54, 1.807) is 0 Å². The molecule has 0 saturated heterocycles. The Labute approximate surface area is 217 Å². The Bertz CT molecular complexity index is 937. The molecule has 5 heteroatoms. The normalized spacial score (nSPS) is 29.7. The van der Waals surface area contributed by atoms with Crippen molar-refractivity contribution in [1.82, 2.24) is 10.3 Å². The highest BCUT2D eigenvalue weighted by Crippen LogP contribution is 2.36. The Balaban J connectivity index is 1.30. The number of benzene rings is 1. The minimum absolute atomic E-state index is 0.00259. The zero-order valence-electron chi connectivity index (χ0n) is 22.5. The molecule has 2 fully saturated rings. The van der Waals surface area contributed by atoms with Crippen LogP contribution < -0.4 is 11.1 Å². The molecule has 3 nitrogen and oxygen atoms in total. The first-order valence-corrected chi connectivity index (χ1v) is 14.9. The van der Waals surface area contributed by atoms with E-state index in [9.17, 15) is 8.78 Å². The summed E-state index contributed by atoms with van der Waals surface area (Å²) >= 11 is 0. The van der Waals surface area contributed by atoms with Crippen molar-refractivity contribution < 1.29 is 8.78 Å². The highest BCUT2D eigenvalue weighted by Gasteiger charge is 2.27. The molecule has 2 aromatic rings. The Morgan fingerprint density at radius 2 is 1.56 bits per heavy atom. The summed E-state index contributed by atoms with van der Waals surface area (Å²) in [6.45, 7) is 3.12. The van der Waals surface area contributed by atoms with Crippen LogP contribution in [0.1, 0.15) is 115 Å². The summed E-state index contributed by atoms with van der Waals surface area (Å²) in [6, 6.07) is 2.93. The lowest BCUT2D eigenvalue weighted by Crippen LogP contribution is -2.37. The van der Waals surface area contributed by atoms with Crippen LogP contribution in [0.5, 0.6) is 0 Å². The van der Waals surface area contributed by atoms with Crippen molar-refractivity contribution in [3.63, 3.8) is 0 Å². The van der Waals surface area contributed by atoms with Crippen LogP contribution in [0.25, 0.3) is 10.9 Å². The molecular weight excluding hydrogens is 452 g/mol. The molecule has 4 rings (SSSR count). The first kappa shape index (κ1) is 27.6. The molecule has 0 spiro atoms. The summed E-state index contributed by atoms with van der Waals surface area (Å²) in [4.78, 5) is 2.99. The van der Waals surface area contributed by atoms with Crippen LogP contribution in [-0.2, 0) is 6.42 Å². The molecule has 4 atom stereocenters. The molecule has 1 heterocycles. The largest absolute Gasteiger partial charge is 0.359 e. The number of aromatic nitrogens is 1. The summed E-state index contributed by atoms with van der Waals surface area (Å²) in [7, 11) is 0. The van der Waals surface area contributed by atoms with Crippen molar-refractivity contribution in [2.75, 3.05) is 6.54 Å². The maximum Gasteiger partial charge on any atom is 0.150 e. The van der Waals surface area contributed by atoms with E-state index in [-0.39, 0.29) is 5.54 Å². The molecule has 36 heavy (non-hydrogen) atoms. The van der Waals surface area contributed by atoms with E-state index in [1.165, 1.54) is 109 Å². The van der Waals surface area contributed by atoms with Crippen molar-refractivity contribution in [3.8, 4) is 0 Å². The lowest BCUT2D eigenvalue weighted by atomic mass is 9.74. The number of hydrogen-bond acceptors (Lipinski definition) is 2. The first-order chi connectivity index (χ1) is 17.4. The van der Waals surface area contributed by atoms with Gasteiger partial charge < -0.3 is 16.0 Å². The summed E-state index contributed by atoms with van der Waals surface area (Å²) in [5.41, 5.74) is 8.11. The average molecular weight is 502 g/mol. The van der Waals surface area contributed by atoms with Gasteiger partial charge in [0.2, 0.25) is 0 Å². The first-order valence-electron chi connectivity index (χ1n) is 14.9. The maximum absolute atomic E-state index is 14.0. The predicted octanol–water partition coefficient (Wildman–Crippen LogP) is 8.17. The Morgan fingerprint density at radius 1 is 0.861 bits per heavy atom. The quantitative estimate of drug-likeness (QED) is 0.387. The SMILES string of the molecule is CC1(N)CCCCCCCCC(C2CCCCC(NCCc3c[nH]c4c(F)cc(F)cc34)CC2)CC1. The van der Waals surface area contributed by atoms with E-state index < -0.39 is 11.6 Å². The molecule has 4 unspecified atom stereocenters. The molecule has 0 amide bonds. The molecule has 0 radical (unpaired) electrons. The minimum atomic E-state index is -0.517. The van der Waals surface area contributed by atoms with Gasteiger partial charge in [-0.2, -0.15) is 0 Å². The second kappa shape index (κ2) is 13.4. The van der Waals surface area contributed by atoms with Gasteiger partial charge in [-0.1, -0.05) is 64.2 Å². The van der Waals surface area contributed by atoms with Gasteiger partial charge in [0.25, 0.3) is 0 Å². The van der Waals surface area contributed by atoms with Gasteiger partial charge in [0.1, 0.15) is 11.6 Å². The van der Waals surface area contributed by atoms with E-state index in [0.717, 1.165) is 36.4 Å². The number of hydrogen-bond donors (Lipinski definition) is 3. The molecule has 0 aliphatic heterocycles. The maximum atomic E-state index is 14.0. The molecular formula is C31H49F2N3. The van der Waals surface area contributed by atoms with Crippen LogP contribution in [0, 0.1) is 23.5 Å². The van der Waals surface area contributed by atoms with Crippen LogP contribution >= 0.6 is 0 Å². The third kappa shape index (κ3) is 8.02. The number of aromatic amines is 1. The minimum Gasteiger partial charge on any atom is -0.359 e. The Hall–Kier alpha value is -1.46. The fraction of sp³-hybridized carbons (Fsp3) is 0.742. The van der Waals surface area contributed by atoms with Crippen LogP contribution in [0.2, 0.25) is 0 Å². The van der Waals surface area contributed by atoms with Crippen LogP contribution in [0.15, 0.2) is 18.3 Å². The number of fused-ring (bicyclic) bond motifs is 1. The predicted molar refractivity (Wildman–Crippen MR) is 147 cm³/mol. The van der Waals surface area contributed by atoms with E-state index in [4.69, 9.17) is 5.73 Å². The van der Waals surface area contributed by atoms with Gasteiger partial charge in [0, 0.05) is 29.2 Å². The number of nitrogens with two attached hydrogens (primary N) is 1. The number of H-pyrrole nitrogens is 1. The molecule has 2 aliphatic carbocycles. The summed E-state index contributed by atoms with van der Waals surface area (Å²) < 4.78 is 27.8. The van der Waals surface area contributed by atoms with Crippen molar-refractivity contribution in [1.29, 1.82) is 0 Å². The molecule has 202 valence electrons. The Morgan fingerprint density at radius 3 is 2.39 bits per heavy atom. The van der Waals surface area contributed by atoms with Gasteiger partial charge in [0.15, 0.2) is 0 Å². The zero-order valence-corrected chi connectivity index (χ0v) is 22.5. The van der Waals surface area contributed by atoms with Crippen molar-refractivity contribution in [3.05, 3.63) is 35.5 Å². The molecule has 4 N–H and O–H groups in total. The fourth-order valence-corrected chi connectivity index (χ4v) is 6.90. The van der Waals surface area contributed by atoms with E-state index in [2.05, 4.69) is 17.2 Å². The van der Waals surface area contributed by atoms with Gasteiger partial charge in [-0.15, -0.1) is 0 Å². The highest BCUT2D eigenvalue weighted by atomic mass is 19.1. The van der Waals surface area contributed by atoms with E-state index >= 15 is 0 Å². The van der Waals surface area contributed by atoms with E-state index in [0.29, 0.717) is 16.9 Å². The summed E-state index contributed by atoms with van der Waals surface area (Å²) in [5, 5.41) is 4.46. The fourth-order valence-electron chi connectivity index (χ4n) is 6.90. The smallest absolute Gasteiger partial charge is 0.150 e. The van der Waals surface area contributed by atoms with Crippen molar-refractivity contribution in [2.24, 2.45) is 17.6 Å². The number of halogens is 2. The highest BCUT2D eigenvalue weighted by molar-refractivity contribution is 5.83. The van der Waals surface area contributed by atoms with Gasteiger partial charge in [-0.05, 0) is 81.9 Å². The Kier molecular flexibility index (Phi) is 10.2. The molecule has 2 saturated carbocycles. The topological polar surface area (TPSA) is 53.8 Å². The molecule has 2 aliphatic rings. The zero-order chi connectivity index (χ0) is 25.4. The third-order valence-corrected chi connectivity index (χ3v) is 9.21. The van der Waals surface area contributed by atoms with Gasteiger partial charge in [-0.3, -0.25) is 0 Å². The molecule has 1 aromatic carbocycles. The monoisotopic (exact) mass is 501 g/mol. The van der Waals surface area contributed by atoms with Crippen molar-refractivity contribution >= 4 is 10.9 Å². The second-order valence-corrected chi connectivity index (χ2v) is 12.3. The van der Waals surface area contributed by atoms with Crippen LogP contribution in [0.4, 0.5) is 8.78 Å². The lowest BCUT2D eigenvalue weighted by molar-refractivity contribution is 0.200. The van der Waals surface area contributed by atoms with E-state index in [1.807, 2.05) is 6.20 Å². The van der Waals surface area contributed by atoms with Gasteiger partial charge >= 0.3 is 0 Å². The average Bonchev–Trinajstić information content (AvgIpc) is 3.22. The molecule has 1 aromatic heterocycles. The van der Waals surface area contributed by atoms with Crippen LogP contribution in [0.3, 0.4) is 0 Å². The van der Waals surface area contributed by atoms with Crippen LogP contribution in [-0.4, -0.2) is 23.1 Å². The van der Waals surface area contributed by atoms with Gasteiger partial charge in [0.05, 0.1) is 5.52 Å².